The first kappa shape index (κ1) is 10.6. The maximum absolute atomic E-state index is 13.0. The largest absolute Gasteiger partial charge is 0.364 e. The molecule has 0 N–H and O–H groups in total. The first-order chi connectivity index (χ1) is 6.89. The number of alkyl halides is 3. The van der Waals surface area contributed by atoms with Crippen LogP contribution in [0, 0.1) is 6.92 Å². The molecule has 2 aromatic heterocycles. The number of rotatable bonds is 1. The Morgan fingerprint density at radius 2 is 2.13 bits per heavy atom. The summed E-state index contributed by atoms with van der Waals surface area (Å²) in [7, 11) is 0. The first-order valence-electron chi connectivity index (χ1n) is 3.97. The van der Waals surface area contributed by atoms with Gasteiger partial charge in [0, 0.05) is 5.69 Å². The molecule has 0 spiro atoms. The molecule has 0 atom stereocenters. The van der Waals surface area contributed by atoms with Gasteiger partial charge in [-0.3, -0.25) is 0 Å². The van der Waals surface area contributed by atoms with Crippen molar-refractivity contribution in [1.82, 2.24) is 14.6 Å². The minimum absolute atomic E-state index is 0.173. The van der Waals surface area contributed by atoms with Crippen LogP contribution in [0.2, 0.25) is 5.02 Å². The molecular weight excluding hydrogens is 247 g/mol. The summed E-state index contributed by atoms with van der Waals surface area (Å²) in [5.41, 5.74) is 0.130. The third kappa shape index (κ3) is 1.77. The Balaban J connectivity index is 2.84. The van der Waals surface area contributed by atoms with Crippen LogP contribution in [0.4, 0.5) is 8.78 Å². The van der Waals surface area contributed by atoms with Gasteiger partial charge in [-0.15, -0.1) is 0 Å². The molecule has 0 radical (unpaired) electrons. The molecular formula is C8H5Cl2F2N3. The molecule has 0 aliphatic carbocycles. The Labute approximate surface area is 93.6 Å². The normalized spacial score (nSPS) is 12.3. The predicted molar refractivity (Wildman–Crippen MR) is 52.5 cm³/mol. The molecule has 2 heterocycles. The molecule has 0 amide bonds. The van der Waals surface area contributed by atoms with Crippen LogP contribution < -0.4 is 0 Å². The topological polar surface area (TPSA) is 30.2 Å². The van der Waals surface area contributed by atoms with Crippen LogP contribution in [0.3, 0.4) is 0 Å². The number of nitrogens with zero attached hydrogens (tertiary/aromatic N) is 3. The Morgan fingerprint density at radius 1 is 1.47 bits per heavy atom. The van der Waals surface area contributed by atoms with E-state index >= 15 is 0 Å². The Kier molecular flexibility index (Phi) is 2.31. The van der Waals surface area contributed by atoms with E-state index in [4.69, 9.17) is 23.2 Å². The first-order valence-corrected chi connectivity index (χ1v) is 4.73. The van der Waals surface area contributed by atoms with E-state index < -0.39 is 11.1 Å². The third-order valence-corrected chi connectivity index (χ3v) is 2.31. The van der Waals surface area contributed by atoms with E-state index in [-0.39, 0.29) is 10.7 Å². The van der Waals surface area contributed by atoms with Crippen LogP contribution in [0.15, 0.2) is 12.3 Å². The molecule has 0 saturated carbocycles. The maximum Gasteiger partial charge on any atom is 0.364 e. The van der Waals surface area contributed by atoms with E-state index in [0.717, 1.165) is 4.52 Å². The molecule has 0 fully saturated rings. The highest BCUT2D eigenvalue weighted by atomic mass is 35.5. The fourth-order valence-corrected chi connectivity index (χ4v) is 1.56. The van der Waals surface area contributed by atoms with E-state index in [1.807, 2.05) is 0 Å². The van der Waals surface area contributed by atoms with E-state index in [2.05, 4.69) is 10.1 Å². The average molecular weight is 252 g/mol. The molecule has 2 rings (SSSR count). The van der Waals surface area contributed by atoms with E-state index in [1.165, 1.54) is 12.3 Å². The van der Waals surface area contributed by atoms with Crippen molar-refractivity contribution in [2.24, 2.45) is 0 Å². The second-order valence-corrected chi connectivity index (χ2v) is 3.89. The molecule has 0 unspecified atom stereocenters. The summed E-state index contributed by atoms with van der Waals surface area (Å²) in [5.74, 6) is 0. The molecule has 0 aliphatic rings. The molecule has 15 heavy (non-hydrogen) atoms. The molecule has 3 nitrogen and oxygen atoms in total. The Bertz CT molecular complexity index is 518. The van der Waals surface area contributed by atoms with Gasteiger partial charge < -0.3 is 0 Å². The molecule has 7 heteroatoms. The Hall–Kier alpha value is -0.940. The summed E-state index contributed by atoms with van der Waals surface area (Å²) in [6.07, 6.45) is 1.25. The maximum atomic E-state index is 13.0. The summed E-state index contributed by atoms with van der Waals surface area (Å²) in [6.45, 7) is 1.58. The molecule has 0 aliphatic heterocycles. The lowest BCUT2D eigenvalue weighted by molar-refractivity contribution is 0.0871. The fraction of sp³-hybridized carbons (Fsp3) is 0.250. The summed E-state index contributed by atoms with van der Waals surface area (Å²) in [6, 6.07) is 1.17. The quantitative estimate of drug-likeness (QED) is 0.730. The van der Waals surface area contributed by atoms with Gasteiger partial charge >= 0.3 is 5.38 Å². The van der Waals surface area contributed by atoms with Gasteiger partial charge in [0.15, 0.2) is 5.65 Å². The minimum Gasteiger partial charge on any atom is -0.232 e. The number of halogens is 4. The van der Waals surface area contributed by atoms with Gasteiger partial charge in [-0.2, -0.15) is 13.9 Å². The molecule has 0 aromatic carbocycles. The van der Waals surface area contributed by atoms with Crippen molar-refractivity contribution in [3.63, 3.8) is 0 Å². The average Bonchev–Trinajstić information content (AvgIpc) is 2.45. The second-order valence-electron chi connectivity index (χ2n) is 3.01. The van der Waals surface area contributed by atoms with Crippen molar-refractivity contribution in [3.05, 3.63) is 28.7 Å². The molecule has 0 bridgehead atoms. The smallest absolute Gasteiger partial charge is 0.232 e. The highest BCUT2D eigenvalue weighted by Crippen LogP contribution is 2.33. The van der Waals surface area contributed by atoms with Crippen molar-refractivity contribution >= 4 is 28.8 Å². The predicted octanol–water partition coefficient (Wildman–Crippen LogP) is 2.98. The molecule has 2 aromatic rings. The van der Waals surface area contributed by atoms with E-state index in [0.29, 0.717) is 5.69 Å². The van der Waals surface area contributed by atoms with Gasteiger partial charge in [-0.1, -0.05) is 11.6 Å². The zero-order chi connectivity index (χ0) is 11.2. The van der Waals surface area contributed by atoms with Crippen LogP contribution in [0.1, 0.15) is 11.4 Å². The van der Waals surface area contributed by atoms with Gasteiger partial charge in [0.05, 0.1) is 6.20 Å². The minimum atomic E-state index is -3.50. The summed E-state index contributed by atoms with van der Waals surface area (Å²) in [4.78, 5) is 3.99. The highest BCUT2D eigenvalue weighted by Gasteiger charge is 2.32. The zero-order valence-corrected chi connectivity index (χ0v) is 9.02. The van der Waals surface area contributed by atoms with E-state index in [1.54, 1.807) is 6.92 Å². The van der Waals surface area contributed by atoms with Gasteiger partial charge in [0.1, 0.15) is 10.7 Å². The summed E-state index contributed by atoms with van der Waals surface area (Å²) in [5, 5.41) is 0.394. The second kappa shape index (κ2) is 3.28. The highest BCUT2D eigenvalue weighted by molar-refractivity contribution is 6.33. The zero-order valence-electron chi connectivity index (χ0n) is 7.51. The number of hydrogen-bond donors (Lipinski definition) is 0. The van der Waals surface area contributed by atoms with Gasteiger partial charge in [-0.05, 0) is 24.6 Å². The van der Waals surface area contributed by atoms with Crippen molar-refractivity contribution in [3.8, 4) is 0 Å². The SMILES string of the molecule is Cc1cc(C(F)(F)Cl)n2ncc(Cl)c2n1. The lowest BCUT2D eigenvalue weighted by atomic mass is 10.3. The molecule has 80 valence electrons. The lowest BCUT2D eigenvalue weighted by Crippen LogP contribution is -2.12. The van der Waals surface area contributed by atoms with Gasteiger partial charge in [-0.25, -0.2) is 9.50 Å². The van der Waals surface area contributed by atoms with E-state index in [9.17, 15) is 8.78 Å². The van der Waals surface area contributed by atoms with Crippen molar-refractivity contribution in [1.29, 1.82) is 0 Å². The van der Waals surface area contributed by atoms with Crippen molar-refractivity contribution in [2.75, 3.05) is 0 Å². The standard InChI is InChI=1S/C8H5Cl2F2N3/c1-4-2-6(8(10,11)12)15-7(14-4)5(9)3-13-15/h2-3H,1H3. The van der Waals surface area contributed by atoms with Crippen LogP contribution in [0.5, 0.6) is 0 Å². The van der Waals surface area contributed by atoms with Gasteiger partial charge in [0.25, 0.3) is 0 Å². The summed E-state index contributed by atoms with van der Waals surface area (Å²) < 4.78 is 26.9. The Morgan fingerprint density at radius 3 is 2.73 bits per heavy atom. The van der Waals surface area contributed by atoms with Crippen LogP contribution in [-0.2, 0) is 5.38 Å². The molecule has 0 saturated heterocycles. The number of hydrogen-bond acceptors (Lipinski definition) is 2. The summed E-state index contributed by atoms with van der Waals surface area (Å²) >= 11 is 10.7. The van der Waals surface area contributed by atoms with Crippen LogP contribution in [-0.4, -0.2) is 14.6 Å². The fourth-order valence-electron chi connectivity index (χ4n) is 1.26. The number of aryl methyl sites for hydroxylation is 1. The van der Waals surface area contributed by atoms with Crippen LogP contribution in [0.25, 0.3) is 5.65 Å². The number of aromatic nitrogens is 3. The third-order valence-electron chi connectivity index (χ3n) is 1.85. The van der Waals surface area contributed by atoms with Gasteiger partial charge in [0.2, 0.25) is 0 Å². The number of fused-ring (bicyclic) bond motifs is 1. The monoisotopic (exact) mass is 251 g/mol. The van der Waals surface area contributed by atoms with Crippen LogP contribution >= 0.6 is 23.2 Å². The van der Waals surface area contributed by atoms with Crippen molar-refractivity contribution in [2.45, 2.75) is 12.3 Å². The lowest BCUT2D eigenvalue weighted by Gasteiger charge is -2.10. The van der Waals surface area contributed by atoms with Crippen molar-refractivity contribution < 1.29 is 8.78 Å².